The highest BCUT2D eigenvalue weighted by atomic mass is 16.7. The van der Waals surface area contributed by atoms with Crippen LogP contribution in [0.15, 0.2) is 0 Å². The van der Waals surface area contributed by atoms with Crippen molar-refractivity contribution in [3.63, 3.8) is 0 Å². The number of hydrogen-bond donors (Lipinski definition) is 1. The van der Waals surface area contributed by atoms with Crippen molar-refractivity contribution >= 4 is 6.29 Å². The van der Waals surface area contributed by atoms with E-state index in [-0.39, 0.29) is 0 Å². The van der Waals surface area contributed by atoms with Gasteiger partial charge in [0.25, 0.3) is 0 Å². The second kappa shape index (κ2) is 4.54. The van der Waals surface area contributed by atoms with E-state index in [1.165, 1.54) is 0 Å². The maximum Gasteiger partial charge on any atom is 0.181 e. The summed E-state index contributed by atoms with van der Waals surface area (Å²) in [6, 6.07) is 0. The van der Waals surface area contributed by atoms with Crippen LogP contribution in [0.2, 0.25) is 0 Å². The molecule has 0 amide bonds. The van der Waals surface area contributed by atoms with E-state index in [1.54, 1.807) is 0 Å². The van der Waals surface area contributed by atoms with Gasteiger partial charge in [-0.15, -0.1) is 0 Å². The predicted octanol–water partition coefficient (Wildman–Crippen LogP) is -0.0720. The van der Waals surface area contributed by atoms with Crippen LogP contribution in [0.25, 0.3) is 0 Å². The summed E-state index contributed by atoms with van der Waals surface area (Å²) in [7, 11) is 1.84. The standard InChI is InChI=1S/C8H15NO3/c1-9-7-8(3-2-4-10)11-5-6-12-8/h4,9H,2-3,5-7H2,1H3. The molecule has 0 radical (unpaired) electrons. The zero-order valence-electron chi connectivity index (χ0n) is 7.34. The Labute approximate surface area is 72.2 Å². The van der Waals surface area contributed by atoms with E-state index < -0.39 is 5.79 Å². The maximum atomic E-state index is 10.2. The number of rotatable bonds is 5. The SMILES string of the molecule is CNCC1(CCC=O)OCCO1. The molecule has 4 nitrogen and oxygen atoms in total. The molecule has 0 saturated carbocycles. The van der Waals surface area contributed by atoms with E-state index in [1.807, 2.05) is 7.05 Å². The molecule has 4 heteroatoms. The molecule has 70 valence electrons. The van der Waals surface area contributed by atoms with Gasteiger partial charge in [-0.2, -0.15) is 0 Å². The van der Waals surface area contributed by atoms with Crippen molar-refractivity contribution in [3.8, 4) is 0 Å². The van der Waals surface area contributed by atoms with E-state index in [0.29, 0.717) is 32.6 Å². The summed E-state index contributed by atoms with van der Waals surface area (Å²) in [6.45, 7) is 1.89. The largest absolute Gasteiger partial charge is 0.346 e. The van der Waals surface area contributed by atoms with E-state index in [2.05, 4.69) is 5.32 Å². The zero-order chi connectivity index (χ0) is 8.86. The van der Waals surface area contributed by atoms with Crippen LogP contribution in [0.3, 0.4) is 0 Å². The molecule has 1 rings (SSSR count). The molecule has 0 unspecified atom stereocenters. The third kappa shape index (κ3) is 2.27. The molecule has 0 aliphatic carbocycles. The van der Waals surface area contributed by atoms with Gasteiger partial charge in [-0.3, -0.25) is 0 Å². The molecular weight excluding hydrogens is 158 g/mol. The minimum atomic E-state index is -0.546. The zero-order valence-corrected chi connectivity index (χ0v) is 7.34. The Morgan fingerprint density at radius 3 is 2.67 bits per heavy atom. The number of hydrogen-bond acceptors (Lipinski definition) is 4. The minimum absolute atomic E-state index is 0.488. The molecule has 1 fully saturated rings. The molecule has 0 atom stereocenters. The lowest BCUT2D eigenvalue weighted by atomic mass is 10.1. The number of carbonyl (C=O) groups excluding carboxylic acids is 1. The van der Waals surface area contributed by atoms with Gasteiger partial charge in [-0.1, -0.05) is 0 Å². The molecule has 1 aliphatic heterocycles. The van der Waals surface area contributed by atoms with Crippen molar-refractivity contribution in [1.29, 1.82) is 0 Å². The van der Waals surface area contributed by atoms with Gasteiger partial charge in [0.05, 0.1) is 13.2 Å². The molecule has 0 aromatic carbocycles. The quantitative estimate of drug-likeness (QED) is 0.591. The van der Waals surface area contributed by atoms with Crippen molar-refractivity contribution < 1.29 is 14.3 Å². The van der Waals surface area contributed by atoms with Gasteiger partial charge in [0, 0.05) is 19.4 Å². The molecule has 0 aromatic rings. The van der Waals surface area contributed by atoms with E-state index in [9.17, 15) is 4.79 Å². The Hall–Kier alpha value is -0.450. The monoisotopic (exact) mass is 173 g/mol. The summed E-state index contributed by atoms with van der Waals surface area (Å²) >= 11 is 0. The lowest BCUT2D eigenvalue weighted by molar-refractivity contribution is -0.159. The first kappa shape index (κ1) is 9.64. The molecule has 0 aromatic heterocycles. The summed E-state index contributed by atoms with van der Waals surface area (Å²) in [6.07, 6.45) is 2.02. The van der Waals surface area contributed by atoms with Gasteiger partial charge in [-0.25, -0.2) is 0 Å². The number of ether oxygens (including phenoxy) is 2. The third-order valence-corrected chi connectivity index (χ3v) is 1.90. The van der Waals surface area contributed by atoms with Crippen LogP contribution in [0.1, 0.15) is 12.8 Å². The number of nitrogens with one attached hydrogen (secondary N) is 1. The summed E-state index contributed by atoms with van der Waals surface area (Å²) in [5, 5.41) is 2.99. The van der Waals surface area contributed by atoms with Crippen molar-refractivity contribution in [2.75, 3.05) is 26.8 Å². The topological polar surface area (TPSA) is 47.6 Å². The van der Waals surface area contributed by atoms with Crippen LogP contribution in [0.4, 0.5) is 0 Å². The summed E-state index contributed by atoms with van der Waals surface area (Å²) < 4.78 is 10.9. The predicted molar refractivity (Wildman–Crippen MR) is 43.9 cm³/mol. The first-order valence-corrected chi connectivity index (χ1v) is 4.19. The molecule has 1 N–H and O–H groups in total. The fourth-order valence-electron chi connectivity index (χ4n) is 1.38. The highest BCUT2D eigenvalue weighted by Gasteiger charge is 2.34. The molecule has 1 saturated heterocycles. The lowest BCUT2D eigenvalue weighted by Crippen LogP contribution is -2.40. The van der Waals surface area contributed by atoms with Gasteiger partial charge in [0.15, 0.2) is 5.79 Å². The van der Waals surface area contributed by atoms with Crippen molar-refractivity contribution in [2.24, 2.45) is 0 Å². The summed E-state index contributed by atoms with van der Waals surface area (Å²) in [4.78, 5) is 10.2. The second-order valence-corrected chi connectivity index (χ2v) is 2.84. The Morgan fingerprint density at radius 1 is 1.50 bits per heavy atom. The molecule has 1 heterocycles. The Kier molecular flexibility index (Phi) is 3.65. The normalized spacial score (nSPS) is 21.1. The van der Waals surface area contributed by atoms with Gasteiger partial charge in [-0.05, 0) is 7.05 Å². The molecule has 0 spiro atoms. The highest BCUT2D eigenvalue weighted by Crippen LogP contribution is 2.23. The van der Waals surface area contributed by atoms with Gasteiger partial charge >= 0.3 is 0 Å². The Bertz CT molecular complexity index is 143. The smallest absolute Gasteiger partial charge is 0.181 e. The lowest BCUT2D eigenvalue weighted by Gasteiger charge is -2.26. The van der Waals surface area contributed by atoms with Crippen LogP contribution in [-0.2, 0) is 14.3 Å². The second-order valence-electron chi connectivity index (χ2n) is 2.84. The van der Waals surface area contributed by atoms with Gasteiger partial charge in [0.2, 0.25) is 0 Å². The van der Waals surface area contributed by atoms with Crippen molar-refractivity contribution in [2.45, 2.75) is 18.6 Å². The fraction of sp³-hybridized carbons (Fsp3) is 0.875. The number of carbonyl (C=O) groups is 1. The average Bonchev–Trinajstić information content (AvgIpc) is 2.51. The van der Waals surface area contributed by atoms with Crippen LogP contribution >= 0.6 is 0 Å². The fourth-order valence-corrected chi connectivity index (χ4v) is 1.38. The highest BCUT2D eigenvalue weighted by molar-refractivity contribution is 5.49. The van der Waals surface area contributed by atoms with E-state index >= 15 is 0 Å². The van der Waals surface area contributed by atoms with Crippen LogP contribution < -0.4 is 5.32 Å². The van der Waals surface area contributed by atoms with Crippen LogP contribution in [0.5, 0.6) is 0 Å². The van der Waals surface area contributed by atoms with E-state index in [0.717, 1.165) is 6.29 Å². The van der Waals surface area contributed by atoms with Crippen LogP contribution in [0, 0.1) is 0 Å². The van der Waals surface area contributed by atoms with Crippen LogP contribution in [-0.4, -0.2) is 38.9 Å². The Morgan fingerprint density at radius 2 is 2.17 bits per heavy atom. The first-order chi connectivity index (χ1) is 5.83. The van der Waals surface area contributed by atoms with Crippen molar-refractivity contribution in [3.05, 3.63) is 0 Å². The molecule has 1 aliphatic rings. The average molecular weight is 173 g/mol. The molecular formula is C8H15NO3. The minimum Gasteiger partial charge on any atom is -0.346 e. The van der Waals surface area contributed by atoms with Gasteiger partial charge < -0.3 is 19.6 Å². The molecule has 12 heavy (non-hydrogen) atoms. The number of likely N-dealkylation sites (N-methyl/N-ethyl adjacent to an activating group) is 1. The Balaban J connectivity index is 2.40. The number of aldehydes is 1. The first-order valence-electron chi connectivity index (χ1n) is 4.19. The summed E-state index contributed by atoms with van der Waals surface area (Å²) in [5.41, 5.74) is 0. The molecule has 0 bridgehead atoms. The maximum absolute atomic E-state index is 10.2. The van der Waals surface area contributed by atoms with E-state index in [4.69, 9.17) is 9.47 Å². The van der Waals surface area contributed by atoms with Crippen molar-refractivity contribution in [1.82, 2.24) is 5.32 Å². The third-order valence-electron chi connectivity index (χ3n) is 1.90. The van der Waals surface area contributed by atoms with Gasteiger partial charge in [0.1, 0.15) is 6.29 Å². The summed E-state index contributed by atoms with van der Waals surface area (Å²) in [5.74, 6) is -0.546.